The summed E-state index contributed by atoms with van der Waals surface area (Å²) >= 11 is 0. The molecule has 2 rings (SSSR count). The van der Waals surface area contributed by atoms with Crippen LogP contribution in [0.15, 0.2) is 0 Å². The van der Waals surface area contributed by atoms with E-state index in [0.717, 1.165) is 38.8 Å². The maximum atomic E-state index is 11.8. The van der Waals surface area contributed by atoms with E-state index >= 15 is 0 Å². The first-order valence-corrected chi connectivity index (χ1v) is 7.93. The summed E-state index contributed by atoms with van der Waals surface area (Å²) in [4.78, 5) is 0. The molecule has 1 heterocycles. The zero-order valence-corrected chi connectivity index (χ0v) is 10.7. The van der Waals surface area contributed by atoms with Crippen molar-refractivity contribution in [3.63, 3.8) is 0 Å². The Bertz CT molecular complexity index is 319. The van der Waals surface area contributed by atoms with Gasteiger partial charge in [-0.05, 0) is 57.5 Å². The van der Waals surface area contributed by atoms with Gasteiger partial charge in [0.1, 0.15) is 0 Å². The van der Waals surface area contributed by atoms with Crippen molar-refractivity contribution >= 4 is 10.0 Å². The van der Waals surface area contributed by atoms with Gasteiger partial charge >= 0.3 is 0 Å². The molecule has 1 atom stereocenters. The maximum Gasteiger partial charge on any atom is 0.212 e. The molecule has 0 bridgehead atoms. The van der Waals surface area contributed by atoms with Gasteiger partial charge in [0.2, 0.25) is 10.0 Å². The Kier molecular flexibility index (Phi) is 3.87. The maximum absolute atomic E-state index is 11.8. The smallest absolute Gasteiger partial charge is 0.212 e. The molecule has 94 valence electrons. The average molecular weight is 246 g/mol. The predicted molar refractivity (Wildman–Crippen MR) is 64.7 cm³/mol. The van der Waals surface area contributed by atoms with Gasteiger partial charge in [-0.3, -0.25) is 0 Å². The van der Waals surface area contributed by atoms with E-state index in [0.29, 0.717) is 17.6 Å². The predicted octanol–water partition coefficient (Wildman–Crippen LogP) is 0.704. The van der Waals surface area contributed by atoms with Gasteiger partial charge in [0.15, 0.2) is 0 Å². The van der Waals surface area contributed by atoms with Gasteiger partial charge in [0, 0.05) is 6.04 Å². The van der Waals surface area contributed by atoms with Crippen molar-refractivity contribution in [3.8, 4) is 0 Å². The lowest BCUT2D eigenvalue weighted by Crippen LogP contribution is -2.43. The standard InChI is InChI=1S/C11H22N2O2S/c1-9(11-4-6-12-7-5-11)13-16(14,15)8-10-2-3-10/h9-13H,2-8H2,1H3. The summed E-state index contributed by atoms with van der Waals surface area (Å²) in [6.07, 6.45) is 4.32. The summed E-state index contributed by atoms with van der Waals surface area (Å²) in [7, 11) is -3.04. The second-order valence-corrected chi connectivity index (χ2v) is 7.02. The van der Waals surface area contributed by atoms with E-state index < -0.39 is 10.0 Å². The second-order valence-electron chi connectivity index (χ2n) is 5.22. The molecule has 0 amide bonds. The summed E-state index contributed by atoms with van der Waals surface area (Å²) < 4.78 is 26.5. The summed E-state index contributed by atoms with van der Waals surface area (Å²) in [5, 5.41) is 3.30. The van der Waals surface area contributed by atoms with Crippen molar-refractivity contribution in [1.29, 1.82) is 0 Å². The topological polar surface area (TPSA) is 58.2 Å². The van der Waals surface area contributed by atoms with Gasteiger partial charge < -0.3 is 5.32 Å². The van der Waals surface area contributed by atoms with Crippen LogP contribution in [0, 0.1) is 11.8 Å². The Morgan fingerprint density at radius 3 is 2.44 bits per heavy atom. The number of sulfonamides is 1. The van der Waals surface area contributed by atoms with Crippen LogP contribution >= 0.6 is 0 Å². The van der Waals surface area contributed by atoms with Crippen LogP contribution in [0.2, 0.25) is 0 Å². The molecular weight excluding hydrogens is 224 g/mol. The highest BCUT2D eigenvalue weighted by molar-refractivity contribution is 7.89. The van der Waals surface area contributed by atoms with E-state index in [-0.39, 0.29) is 6.04 Å². The molecule has 0 aromatic carbocycles. The monoisotopic (exact) mass is 246 g/mol. The highest BCUT2D eigenvalue weighted by Crippen LogP contribution is 2.30. The fraction of sp³-hybridized carbons (Fsp3) is 1.00. The largest absolute Gasteiger partial charge is 0.317 e. The Labute approximate surface area is 98.2 Å². The number of hydrogen-bond acceptors (Lipinski definition) is 3. The Hall–Kier alpha value is -0.130. The Morgan fingerprint density at radius 1 is 1.25 bits per heavy atom. The van der Waals surface area contributed by atoms with E-state index in [4.69, 9.17) is 0 Å². The van der Waals surface area contributed by atoms with E-state index in [2.05, 4.69) is 10.0 Å². The van der Waals surface area contributed by atoms with Crippen LogP contribution in [0.25, 0.3) is 0 Å². The number of hydrogen-bond donors (Lipinski definition) is 2. The fourth-order valence-corrected chi connectivity index (χ4v) is 4.18. The molecule has 0 aromatic heterocycles. The molecule has 0 radical (unpaired) electrons. The Morgan fingerprint density at radius 2 is 1.88 bits per heavy atom. The van der Waals surface area contributed by atoms with E-state index in [1.54, 1.807) is 0 Å². The van der Waals surface area contributed by atoms with Crippen LogP contribution in [0.5, 0.6) is 0 Å². The van der Waals surface area contributed by atoms with Gasteiger partial charge in [-0.25, -0.2) is 13.1 Å². The molecule has 2 fully saturated rings. The van der Waals surface area contributed by atoms with Crippen LogP contribution in [0.1, 0.15) is 32.6 Å². The normalized spacial score (nSPS) is 25.6. The third-order valence-electron chi connectivity index (χ3n) is 3.61. The van der Waals surface area contributed by atoms with Crippen molar-refractivity contribution in [2.45, 2.75) is 38.6 Å². The summed E-state index contributed by atoms with van der Waals surface area (Å²) in [6.45, 7) is 4.03. The van der Waals surface area contributed by atoms with Gasteiger partial charge in [0.25, 0.3) is 0 Å². The van der Waals surface area contributed by atoms with Crippen LogP contribution in [-0.2, 0) is 10.0 Å². The van der Waals surface area contributed by atoms with E-state index in [9.17, 15) is 8.42 Å². The second kappa shape index (κ2) is 5.02. The van der Waals surface area contributed by atoms with Crippen molar-refractivity contribution in [1.82, 2.24) is 10.0 Å². The zero-order valence-electron chi connectivity index (χ0n) is 9.91. The molecule has 1 unspecified atom stereocenters. The molecular formula is C11H22N2O2S. The number of rotatable bonds is 5. The lowest BCUT2D eigenvalue weighted by Gasteiger charge is -2.28. The van der Waals surface area contributed by atoms with Gasteiger partial charge in [-0.15, -0.1) is 0 Å². The van der Waals surface area contributed by atoms with Crippen molar-refractivity contribution in [2.24, 2.45) is 11.8 Å². The minimum atomic E-state index is -3.04. The molecule has 1 saturated heterocycles. The molecule has 1 aliphatic carbocycles. The van der Waals surface area contributed by atoms with Crippen LogP contribution in [0.4, 0.5) is 0 Å². The molecule has 0 aromatic rings. The summed E-state index contributed by atoms with van der Waals surface area (Å²) in [5.41, 5.74) is 0. The summed E-state index contributed by atoms with van der Waals surface area (Å²) in [5.74, 6) is 1.26. The summed E-state index contributed by atoms with van der Waals surface area (Å²) in [6, 6.07) is 0.0887. The molecule has 2 N–H and O–H groups in total. The first kappa shape index (κ1) is 12.3. The van der Waals surface area contributed by atoms with Crippen molar-refractivity contribution in [2.75, 3.05) is 18.8 Å². The van der Waals surface area contributed by atoms with Gasteiger partial charge in [0.05, 0.1) is 5.75 Å². The average Bonchev–Trinajstić information content (AvgIpc) is 3.01. The van der Waals surface area contributed by atoms with Crippen LogP contribution < -0.4 is 10.0 Å². The highest BCUT2D eigenvalue weighted by Gasteiger charge is 2.30. The van der Waals surface area contributed by atoms with Gasteiger partial charge in [-0.2, -0.15) is 0 Å². The fourth-order valence-electron chi connectivity index (χ4n) is 2.37. The van der Waals surface area contributed by atoms with Crippen molar-refractivity contribution < 1.29 is 8.42 Å². The van der Waals surface area contributed by atoms with Crippen LogP contribution in [-0.4, -0.2) is 33.3 Å². The SMILES string of the molecule is CC(NS(=O)(=O)CC1CC1)C1CCNCC1. The molecule has 0 spiro atoms. The Balaban J connectivity index is 1.82. The molecule has 4 nitrogen and oxygen atoms in total. The number of piperidine rings is 1. The van der Waals surface area contributed by atoms with E-state index in [1.807, 2.05) is 6.92 Å². The third-order valence-corrected chi connectivity index (χ3v) is 5.25. The molecule has 1 saturated carbocycles. The minimum absolute atomic E-state index is 0.0887. The first-order valence-electron chi connectivity index (χ1n) is 6.27. The van der Waals surface area contributed by atoms with E-state index in [1.165, 1.54) is 0 Å². The van der Waals surface area contributed by atoms with Crippen LogP contribution in [0.3, 0.4) is 0 Å². The minimum Gasteiger partial charge on any atom is -0.317 e. The third kappa shape index (κ3) is 3.71. The molecule has 16 heavy (non-hydrogen) atoms. The first-order chi connectivity index (χ1) is 7.57. The quantitative estimate of drug-likeness (QED) is 0.751. The molecule has 5 heteroatoms. The lowest BCUT2D eigenvalue weighted by atomic mass is 9.92. The van der Waals surface area contributed by atoms with Gasteiger partial charge in [-0.1, -0.05) is 0 Å². The van der Waals surface area contributed by atoms with Crippen molar-refractivity contribution in [3.05, 3.63) is 0 Å². The molecule has 2 aliphatic rings. The lowest BCUT2D eigenvalue weighted by molar-refractivity contribution is 0.316. The molecule has 1 aliphatic heterocycles. The highest BCUT2D eigenvalue weighted by atomic mass is 32.2. The number of nitrogens with one attached hydrogen (secondary N) is 2. The zero-order chi connectivity index (χ0) is 11.6.